The first-order chi connectivity index (χ1) is 8.00. The summed E-state index contributed by atoms with van der Waals surface area (Å²) in [5.74, 6) is -2.94. The zero-order valence-electron chi connectivity index (χ0n) is 8.84. The Morgan fingerprint density at radius 1 is 1.35 bits per heavy atom. The third-order valence-electron chi connectivity index (χ3n) is 2.09. The lowest BCUT2D eigenvalue weighted by atomic mass is 10.1. The van der Waals surface area contributed by atoms with Gasteiger partial charge in [-0.1, -0.05) is 0 Å². The third-order valence-corrected chi connectivity index (χ3v) is 2.09. The molecular formula is C10H12N2O5. The number of hydrogen-bond acceptors (Lipinski definition) is 3. The molecule has 0 saturated carbocycles. The Kier molecular flexibility index (Phi) is 4.27. The van der Waals surface area contributed by atoms with E-state index in [2.05, 4.69) is 10.3 Å². The van der Waals surface area contributed by atoms with Crippen LogP contribution in [0.5, 0.6) is 0 Å². The normalized spacial score (nSPS) is 11.8. The van der Waals surface area contributed by atoms with Crippen LogP contribution in [-0.2, 0) is 9.59 Å². The molecule has 7 heteroatoms. The fraction of sp³-hybridized carbons (Fsp3) is 0.300. The lowest BCUT2D eigenvalue weighted by Crippen LogP contribution is -2.41. The summed E-state index contributed by atoms with van der Waals surface area (Å²) < 4.78 is 0. The van der Waals surface area contributed by atoms with Crippen LogP contribution in [0.3, 0.4) is 0 Å². The monoisotopic (exact) mass is 240 g/mol. The van der Waals surface area contributed by atoms with Gasteiger partial charge in [0.25, 0.3) is 5.91 Å². The third kappa shape index (κ3) is 3.98. The molecule has 0 aromatic carbocycles. The van der Waals surface area contributed by atoms with Crippen molar-refractivity contribution in [1.82, 2.24) is 10.3 Å². The van der Waals surface area contributed by atoms with Gasteiger partial charge in [0.05, 0.1) is 0 Å². The van der Waals surface area contributed by atoms with Gasteiger partial charge >= 0.3 is 11.9 Å². The maximum atomic E-state index is 11.5. The van der Waals surface area contributed by atoms with Crippen LogP contribution < -0.4 is 5.32 Å². The Bertz CT molecular complexity index is 412. The number of amides is 1. The van der Waals surface area contributed by atoms with E-state index in [0.717, 1.165) is 0 Å². The van der Waals surface area contributed by atoms with Crippen LogP contribution in [0.4, 0.5) is 0 Å². The highest BCUT2D eigenvalue weighted by Crippen LogP contribution is 2.01. The second-order valence-electron chi connectivity index (χ2n) is 3.38. The number of carbonyl (C=O) groups is 3. The lowest BCUT2D eigenvalue weighted by molar-refractivity contribution is -0.140. The first-order valence-electron chi connectivity index (χ1n) is 4.89. The molecule has 1 aromatic rings. The van der Waals surface area contributed by atoms with Crippen LogP contribution in [0, 0.1) is 0 Å². The van der Waals surface area contributed by atoms with Crippen molar-refractivity contribution in [2.45, 2.75) is 18.9 Å². The largest absolute Gasteiger partial charge is 0.481 e. The molecule has 0 fully saturated rings. The Morgan fingerprint density at radius 2 is 2.06 bits per heavy atom. The van der Waals surface area contributed by atoms with E-state index in [-0.39, 0.29) is 18.5 Å². The summed E-state index contributed by atoms with van der Waals surface area (Å²) in [6.45, 7) is 0. The van der Waals surface area contributed by atoms with Crippen molar-refractivity contribution in [3.05, 3.63) is 24.0 Å². The van der Waals surface area contributed by atoms with E-state index in [1.807, 2.05) is 0 Å². The van der Waals surface area contributed by atoms with Gasteiger partial charge in [-0.05, 0) is 18.6 Å². The van der Waals surface area contributed by atoms with Crippen LogP contribution in [0.15, 0.2) is 18.3 Å². The predicted octanol–water partition coefficient (Wildman–Crippen LogP) is 0.0625. The van der Waals surface area contributed by atoms with E-state index in [9.17, 15) is 14.4 Å². The molecule has 7 nitrogen and oxygen atoms in total. The molecule has 0 saturated heterocycles. The van der Waals surface area contributed by atoms with Crippen molar-refractivity contribution in [3.63, 3.8) is 0 Å². The fourth-order valence-corrected chi connectivity index (χ4v) is 1.23. The molecule has 1 aromatic heterocycles. The van der Waals surface area contributed by atoms with Gasteiger partial charge in [0.1, 0.15) is 11.7 Å². The Labute approximate surface area is 96.5 Å². The second-order valence-corrected chi connectivity index (χ2v) is 3.38. The summed E-state index contributed by atoms with van der Waals surface area (Å²) in [5, 5.41) is 19.5. The number of rotatable bonds is 6. The number of carbonyl (C=O) groups excluding carboxylic acids is 1. The number of aromatic nitrogens is 1. The van der Waals surface area contributed by atoms with E-state index >= 15 is 0 Å². The molecule has 17 heavy (non-hydrogen) atoms. The molecule has 0 aliphatic heterocycles. The molecular weight excluding hydrogens is 228 g/mol. The Morgan fingerprint density at radius 3 is 2.53 bits per heavy atom. The molecule has 1 atom stereocenters. The predicted molar refractivity (Wildman–Crippen MR) is 56.6 cm³/mol. The van der Waals surface area contributed by atoms with Crippen LogP contribution >= 0.6 is 0 Å². The number of hydrogen-bond donors (Lipinski definition) is 4. The minimum Gasteiger partial charge on any atom is -0.481 e. The first-order valence-corrected chi connectivity index (χ1v) is 4.89. The number of carboxylic acids is 2. The SMILES string of the molecule is O=C(O)CC[C@H](NC(=O)c1ccc[nH]1)C(=O)O. The van der Waals surface area contributed by atoms with Crippen LogP contribution in [0.2, 0.25) is 0 Å². The topological polar surface area (TPSA) is 119 Å². The average molecular weight is 240 g/mol. The molecule has 1 rings (SSSR count). The van der Waals surface area contributed by atoms with E-state index in [0.29, 0.717) is 0 Å². The minimum absolute atomic E-state index is 0.156. The second kappa shape index (κ2) is 5.69. The van der Waals surface area contributed by atoms with E-state index < -0.39 is 23.9 Å². The van der Waals surface area contributed by atoms with Crippen molar-refractivity contribution in [2.24, 2.45) is 0 Å². The smallest absolute Gasteiger partial charge is 0.326 e. The van der Waals surface area contributed by atoms with Gasteiger partial charge in [0.2, 0.25) is 0 Å². The summed E-state index contributed by atoms with van der Waals surface area (Å²) in [6.07, 6.45) is 1.06. The van der Waals surface area contributed by atoms with Crippen LogP contribution in [0.1, 0.15) is 23.3 Å². The number of aliphatic carboxylic acids is 2. The Balaban J connectivity index is 2.58. The van der Waals surface area contributed by atoms with Crippen LogP contribution in [0.25, 0.3) is 0 Å². The zero-order chi connectivity index (χ0) is 12.8. The van der Waals surface area contributed by atoms with Crippen molar-refractivity contribution >= 4 is 17.8 Å². The summed E-state index contributed by atoms with van der Waals surface area (Å²) in [6, 6.07) is 1.88. The molecule has 0 spiro atoms. The summed E-state index contributed by atoms with van der Waals surface area (Å²) in [7, 11) is 0. The molecule has 0 bridgehead atoms. The number of carboxylic acid groups (broad SMARTS) is 2. The van der Waals surface area contributed by atoms with Crippen molar-refractivity contribution < 1.29 is 24.6 Å². The highest BCUT2D eigenvalue weighted by Gasteiger charge is 2.21. The maximum absolute atomic E-state index is 11.5. The first kappa shape index (κ1) is 12.8. The maximum Gasteiger partial charge on any atom is 0.326 e. The summed E-state index contributed by atoms with van der Waals surface area (Å²) in [5.41, 5.74) is 0.228. The van der Waals surface area contributed by atoms with Gasteiger partial charge in [-0.3, -0.25) is 9.59 Å². The van der Waals surface area contributed by atoms with Gasteiger partial charge in [0, 0.05) is 12.6 Å². The quantitative estimate of drug-likeness (QED) is 0.560. The summed E-state index contributed by atoms with van der Waals surface area (Å²) in [4.78, 5) is 35.3. The van der Waals surface area contributed by atoms with Gasteiger partial charge in [-0.2, -0.15) is 0 Å². The van der Waals surface area contributed by atoms with Crippen molar-refractivity contribution in [2.75, 3.05) is 0 Å². The van der Waals surface area contributed by atoms with Crippen LogP contribution in [-0.4, -0.2) is 39.1 Å². The lowest BCUT2D eigenvalue weighted by Gasteiger charge is -2.12. The average Bonchev–Trinajstić information content (AvgIpc) is 2.76. The van der Waals surface area contributed by atoms with Gasteiger partial charge < -0.3 is 20.5 Å². The highest BCUT2D eigenvalue weighted by atomic mass is 16.4. The zero-order valence-corrected chi connectivity index (χ0v) is 8.84. The standard InChI is InChI=1S/C10H12N2O5/c13-8(14)4-3-7(10(16)17)12-9(15)6-2-1-5-11-6/h1-2,5,7,11H,3-4H2,(H,12,15)(H,13,14)(H,16,17)/t7-/m0/s1. The van der Waals surface area contributed by atoms with Gasteiger partial charge in [-0.15, -0.1) is 0 Å². The molecule has 4 N–H and O–H groups in total. The van der Waals surface area contributed by atoms with Crippen molar-refractivity contribution in [3.8, 4) is 0 Å². The molecule has 0 unspecified atom stereocenters. The van der Waals surface area contributed by atoms with Gasteiger partial charge in [0.15, 0.2) is 0 Å². The van der Waals surface area contributed by atoms with E-state index in [1.165, 1.54) is 12.3 Å². The number of nitrogens with one attached hydrogen (secondary N) is 2. The molecule has 0 radical (unpaired) electrons. The molecule has 0 aliphatic rings. The van der Waals surface area contributed by atoms with E-state index in [4.69, 9.17) is 10.2 Å². The van der Waals surface area contributed by atoms with Gasteiger partial charge in [-0.25, -0.2) is 4.79 Å². The molecule has 1 heterocycles. The molecule has 1 amide bonds. The molecule has 0 aliphatic carbocycles. The fourth-order valence-electron chi connectivity index (χ4n) is 1.23. The highest BCUT2D eigenvalue weighted by molar-refractivity contribution is 5.95. The Hall–Kier alpha value is -2.31. The summed E-state index contributed by atoms with van der Waals surface area (Å²) >= 11 is 0. The molecule has 92 valence electrons. The minimum atomic E-state index is -1.26. The number of H-pyrrole nitrogens is 1. The van der Waals surface area contributed by atoms with E-state index in [1.54, 1.807) is 6.07 Å². The number of aromatic amines is 1. The van der Waals surface area contributed by atoms with Crippen molar-refractivity contribution in [1.29, 1.82) is 0 Å².